The number of carboxylic acid groups (broad SMARTS) is 1. The van der Waals surface area contributed by atoms with Gasteiger partial charge in [0.15, 0.2) is 0 Å². The number of ether oxygens (including phenoxy) is 1. The number of carboxylic acids is 1. The summed E-state index contributed by atoms with van der Waals surface area (Å²) in [7, 11) is 0. The predicted octanol–water partition coefficient (Wildman–Crippen LogP) is 5.48. The van der Waals surface area contributed by atoms with Crippen LogP contribution in [0.3, 0.4) is 0 Å². The van der Waals surface area contributed by atoms with Crippen molar-refractivity contribution in [2.24, 2.45) is 11.8 Å². The van der Waals surface area contributed by atoms with E-state index in [0.29, 0.717) is 19.4 Å². The molecule has 1 aliphatic carbocycles. The molecule has 3 N–H and O–H groups in total. The van der Waals surface area contributed by atoms with E-state index in [4.69, 9.17) is 21.4 Å². The minimum Gasteiger partial charge on any atom is -0.493 e. The molecule has 3 unspecified atom stereocenters. The number of halogens is 1. The molecule has 0 saturated heterocycles. The number of allylic oxidation sites excluding steroid dienone is 2. The number of benzene rings is 1. The minimum absolute atomic E-state index is 0.0505. The highest BCUT2D eigenvalue weighted by Gasteiger charge is 2.41. The SMILES string of the molecule is CCCCCC(O)c1ccc(OCC2C(O)C[C@@H](Cl)[C@@H]2C/C=C\CCCC(=O)O)cc1. The Hall–Kier alpha value is -1.56. The molecule has 1 fully saturated rings. The Kier molecular flexibility index (Phi) is 11.4. The number of hydrogen-bond acceptors (Lipinski definition) is 4. The molecule has 0 heterocycles. The number of alkyl halides is 1. The van der Waals surface area contributed by atoms with Gasteiger partial charge in [-0.1, -0.05) is 50.5 Å². The Morgan fingerprint density at radius 2 is 1.94 bits per heavy atom. The summed E-state index contributed by atoms with van der Waals surface area (Å²) in [4.78, 5) is 10.6. The summed E-state index contributed by atoms with van der Waals surface area (Å²) in [5, 5.41) is 29.3. The van der Waals surface area contributed by atoms with Gasteiger partial charge in [-0.2, -0.15) is 0 Å². The molecule has 5 nitrogen and oxygen atoms in total. The fourth-order valence-electron chi connectivity index (χ4n) is 4.17. The van der Waals surface area contributed by atoms with Crippen molar-refractivity contribution >= 4 is 17.6 Å². The van der Waals surface area contributed by atoms with Crippen molar-refractivity contribution in [2.75, 3.05) is 6.61 Å². The first kappa shape index (κ1) is 25.7. The highest BCUT2D eigenvalue weighted by molar-refractivity contribution is 6.21. The Bertz CT molecular complexity index is 675. The Morgan fingerprint density at radius 1 is 1.19 bits per heavy atom. The molecule has 1 aromatic carbocycles. The first-order valence-electron chi connectivity index (χ1n) is 11.5. The summed E-state index contributed by atoms with van der Waals surface area (Å²) >= 11 is 6.48. The lowest BCUT2D eigenvalue weighted by atomic mass is 9.92. The van der Waals surface area contributed by atoms with Gasteiger partial charge in [0, 0.05) is 17.7 Å². The molecular formula is C25H37ClO5. The molecular weight excluding hydrogens is 416 g/mol. The largest absolute Gasteiger partial charge is 0.493 e. The van der Waals surface area contributed by atoms with Gasteiger partial charge in [-0.3, -0.25) is 4.79 Å². The van der Waals surface area contributed by atoms with E-state index in [9.17, 15) is 15.0 Å². The van der Waals surface area contributed by atoms with Gasteiger partial charge in [0.05, 0.1) is 18.8 Å². The summed E-state index contributed by atoms with van der Waals surface area (Å²) < 4.78 is 5.95. The van der Waals surface area contributed by atoms with Crippen molar-refractivity contribution in [3.05, 3.63) is 42.0 Å². The van der Waals surface area contributed by atoms with Crippen molar-refractivity contribution < 1.29 is 24.9 Å². The maximum atomic E-state index is 10.6. The summed E-state index contributed by atoms with van der Waals surface area (Å²) in [6, 6.07) is 7.54. The number of carbonyl (C=O) groups is 1. The highest BCUT2D eigenvalue weighted by Crippen LogP contribution is 2.39. The van der Waals surface area contributed by atoms with Crippen LogP contribution < -0.4 is 4.74 Å². The van der Waals surface area contributed by atoms with E-state index in [-0.39, 0.29) is 23.6 Å². The van der Waals surface area contributed by atoms with E-state index >= 15 is 0 Å². The zero-order chi connectivity index (χ0) is 22.6. The van der Waals surface area contributed by atoms with Crippen molar-refractivity contribution in [2.45, 2.75) is 82.3 Å². The van der Waals surface area contributed by atoms with Crippen molar-refractivity contribution in [1.82, 2.24) is 0 Å². The molecule has 6 heteroatoms. The van der Waals surface area contributed by atoms with Crippen LogP contribution in [0.25, 0.3) is 0 Å². The zero-order valence-electron chi connectivity index (χ0n) is 18.5. The zero-order valence-corrected chi connectivity index (χ0v) is 19.2. The topological polar surface area (TPSA) is 87.0 Å². The number of aliphatic hydroxyl groups is 2. The van der Waals surface area contributed by atoms with Crippen LogP contribution in [0.2, 0.25) is 0 Å². The summed E-state index contributed by atoms with van der Waals surface area (Å²) in [6.07, 6.45) is 9.98. The van der Waals surface area contributed by atoms with Crippen LogP contribution in [0.4, 0.5) is 0 Å². The highest BCUT2D eigenvalue weighted by atomic mass is 35.5. The van der Waals surface area contributed by atoms with Crippen LogP contribution in [0, 0.1) is 11.8 Å². The third-order valence-electron chi connectivity index (χ3n) is 6.10. The van der Waals surface area contributed by atoms with Crippen LogP contribution in [0.5, 0.6) is 5.75 Å². The monoisotopic (exact) mass is 452 g/mol. The van der Waals surface area contributed by atoms with E-state index in [2.05, 4.69) is 6.92 Å². The normalized spacial score (nSPS) is 24.5. The third kappa shape index (κ3) is 8.83. The molecule has 1 aliphatic rings. The number of unbranched alkanes of at least 4 members (excludes halogenated alkanes) is 3. The standard InChI is InChI=1S/C25H37ClO5/c1-2-3-6-10-23(27)18-12-14-19(15-13-18)31-17-21-20(22(26)16-24(21)28)9-7-4-5-8-11-25(29)30/h4,7,12-15,20-24,27-28H,2-3,5-6,8-11,16-17H2,1H3,(H,29,30)/b7-4-/t20-,21?,22-,23?,24?/m1/s1. The van der Waals surface area contributed by atoms with Gasteiger partial charge >= 0.3 is 5.97 Å². The lowest BCUT2D eigenvalue weighted by Gasteiger charge is -2.23. The Labute approximate surface area is 191 Å². The van der Waals surface area contributed by atoms with Crippen molar-refractivity contribution in [1.29, 1.82) is 0 Å². The molecule has 0 radical (unpaired) electrons. The lowest BCUT2D eigenvalue weighted by Crippen LogP contribution is -2.27. The van der Waals surface area contributed by atoms with Gasteiger partial charge in [-0.05, 0) is 55.7 Å². The quantitative estimate of drug-likeness (QED) is 0.197. The molecule has 5 atom stereocenters. The molecule has 174 valence electrons. The lowest BCUT2D eigenvalue weighted by molar-refractivity contribution is -0.137. The van der Waals surface area contributed by atoms with Gasteiger partial charge in [-0.15, -0.1) is 11.6 Å². The first-order valence-corrected chi connectivity index (χ1v) is 12.0. The number of aliphatic hydroxyl groups excluding tert-OH is 2. The van der Waals surface area contributed by atoms with Gasteiger partial charge in [0.25, 0.3) is 0 Å². The van der Waals surface area contributed by atoms with Crippen molar-refractivity contribution in [3.8, 4) is 5.75 Å². The van der Waals surface area contributed by atoms with Gasteiger partial charge < -0.3 is 20.1 Å². The van der Waals surface area contributed by atoms with Crippen LogP contribution in [-0.2, 0) is 4.79 Å². The number of aliphatic carboxylic acids is 1. The molecule has 0 aliphatic heterocycles. The number of hydrogen-bond donors (Lipinski definition) is 3. The second-order valence-corrected chi connectivity index (χ2v) is 9.09. The summed E-state index contributed by atoms with van der Waals surface area (Å²) in [6.45, 7) is 2.54. The minimum atomic E-state index is -0.774. The summed E-state index contributed by atoms with van der Waals surface area (Å²) in [5.41, 5.74) is 0.899. The Balaban J connectivity index is 1.82. The molecule has 0 amide bonds. The first-order chi connectivity index (χ1) is 14.9. The van der Waals surface area contributed by atoms with Crippen molar-refractivity contribution in [3.63, 3.8) is 0 Å². The van der Waals surface area contributed by atoms with E-state index in [1.54, 1.807) is 0 Å². The molecule has 0 aromatic heterocycles. The van der Waals surface area contributed by atoms with E-state index in [1.165, 1.54) is 0 Å². The second-order valence-electron chi connectivity index (χ2n) is 8.53. The maximum Gasteiger partial charge on any atom is 0.303 e. The van der Waals surface area contributed by atoms with Crippen LogP contribution in [0.15, 0.2) is 36.4 Å². The van der Waals surface area contributed by atoms with Crippen LogP contribution in [-0.4, -0.2) is 39.4 Å². The fourth-order valence-corrected chi connectivity index (χ4v) is 4.64. The number of rotatable bonds is 14. The van der Waals surface area contributed by atoms with Crippen LogP contribution in [0.1, 0.15) is 76.4 Å². The Morgan fingerprint density at radius 3 is 2.61 bits per heavy atom. The molecule has 1 aromatic rings. The molecule has 31 heavy (non-hydrogen) atoms. The summed E-state index contributed by atoms with van der Waals surface area (Å²) in [5.74, 6) is 0.0135. The van der Waals surface area contributed by atoms with Crippen LogP contribution >= 0.6 is 11.6 Å². The fraction of sp³-hybridized carbons (Fsp3) is 0.640. The van der Waals surface area contributed by atoms with E-state index in [0.717, 1.165) is 49.8 Å². The molecule has 0 spiro atoms. The third-order valence-corrected chi connectivity index (χ3v) is 6.60. The van der Waals surface area contributed by atoms with E-state index in [1.807, 2.05) is 36.4 Å². The molecule has 0 bridgehead atoms. The molecule has 2 rings (SSSR count). The molecule has 1 saturated carbocycles. The second kappa shape index (κ2) is 13.8. The average Bonchev–Trinajstić information content (AvgIpc) is 3.01. The van der Waals surface area contributed by atoms with Gasteiger partial charge in [-0.25, -0.2) is 0 Å². The smallest absolute Gasteiger partial charge is 0.303 e. The maximum absolute atomic E-state index is 10.6. The van der Waals surface area contributed by atoms with Gasteiger partial charge in [0.2, 0.25) is 0 Å². The van der Waals surface area contributed by atoms with Gasteiger partial charge in [0.1, 0.15) is 5.75 Å². The average molecular weight is 453 g/mol. The predicted molar refractivity (Wildman–Crippen MR) is 124 cm³/mol. The van der Waals surface area contributed by atoms with E-state index < -0.39 is 18.2 Å².